The molecular formula is C21H28N4O2. The maximum atomic E-state index is 12.5. The van der Waals surface area contributed by atoms with Crippen molar-refractivity contribution in [3.05, 3.63) is 57.5 Å². The van der Waals surface area contributed by atoms with Gasteiger partial charge in [-0.15, -0.1) is 0 Å². The van der Waals surface area contributed by atoms with Gasteiger partial charge in [0.25, 0.3) is 5.56 Å². The molecule has 0 aliphatic carbocycles. The van der Waals surface area contributed by atoms with Crippen molar-refractivity contribution in [3.8, 4) is 0 Å². The van der Waals surface area contributed by atoms with E-state index in [1.165, 1.54) is 5.56 Å². The predicted molar refractivity (Wildman–Crippen MR) is 106 cm³/mol. The van der Waals surface area contributed by atoms with Crippen LogP contribution in [0.3, 0.4) is 0 Å². The average Bonchev–Trinajstić information content (AvgIpc) is 2.73. The van der Waals surface area contributed by atoms with E-state index in [0.29, 0.717) is 25.1 Å². The van der Waals surface area contributed by atoms with Crippen LogP contribution >= 0.6 is 0 Å². The molecule has 0 radical (unpaired) electrons. The Morgan fingerprint density at radius 2 is 1.96 bits per heavy atom. The number of fused-ring (bicyclic) bond motifs is 1. The normalized spacial score (nSPS) is 18.9. The lowest BCUT2D eigenvalue weighted by Gasteiger charge is -2.31. The highest BCUT2D eigenvalue weighted by atomic mass is 16.5. The zero-order valence-corrected chi connectivity index (χ0v) is 16.0. The Hall–Kier alpha value is -2.18. The standard InChI is InChI=1S/C21H28N4O2/c1-16(17-5-3-2-4-6-17)7-9-24-10-8-18-19(15-24)22-21(23-20(18)26)25-11-13-27-14-12-25/h2-6,16H,7-15H2,1H3,(H,22,23,26). The van der Waals surface area contributed by atoms with Crippen LogP contribution in [0, 0.1) is 0 Å². The van der Waals surface area contributed by atoms with Gasteiger partial charge in [0.2, 0.25) is 5.95 Å². The molecule has 1 aromatic carbocycles. The van der Waals surface area contributed by atoms with Gasteiger partial charge < -0.3 is 9.64 Å². The lowest BCUT2D eigenvalue weighted by molar-refractivity contribution is 0.122. The number of ether oxygens (including phenoxy) is 1. The number of morpholine rings is 1. The van der Waals surface area contributed by atoms with Gasteiger partial charge in [0.15, 0.2) is 0 Å². The number of rotatable bonds is 5. The van der Waals surface area contributed by atoms with Crippen molar-refractivity contribution >= 4 is 5.95 Å². The molecule has 0 spiro atoms. The summed E-state index contributed by atoms with van der Waals surface area (Å²) >= 11 is 0. The van der Waals surface area contributed by atoms with E-state index in [2.05, 4.69) is 52.0 Å². The highest BCUT2D eigenvalue weighted by Gasteiger charge is 2.23. The van der Waals surface area contributed by atoms with Gasteiger partial charge in [-0.1, -0.05) is 37.3 Å². The van der Waals surface area contributed by atoms with Crippen molar-refractivity contribution in [2.24, 2.45) is 0 Å². The number of aromatic nitrogens is 2. The molecule has 6 nitrogen and oxygen atoms in total. The molecule has 3 heterocycles. The lowest BCUT2D eigenvalue weighted by Crippen LogP contribution is -2.41. The second kappa shape index (κ2) is 8.23. The molecule has 1 saturated heterocycles. The summed E-state index contributed by atoms with van der Waals surface area (Å²) in [4.78, 5) is 24.8. The summed E-state index contributed by atoms with van der Waals surface area (Å²) in [5, 5.41) is 0. The molecule has 1 aromatic heterocycles. The van der Waals surface area contributed by atoms with E-state index in [0.717, 1.165) is 56.8 Å². The van der Waals surface area contributed by atoms with E-state index in [9.17, 15) is 4.79 Å². The SMILES string of the molecule is CC(CCN1CCc2c(nc(N3CCOCC3)[nH]c2=O)C1)c1ccccc1. The zero-order chi connectivity index (χ0) is 18.6. The molecule has 1 unspecified atom stereocenters. The third-order valence-electron chi connectivity index (χ3n) is 5.70. The Morgan fingerprint density at radius 1 is 1.19 bits per heavy atom. The van der Waals surface area contributed by atoms with E-state index in [1.807, 2.05) is 0 Å². The van der Waals surface area contributed by atoms with Gasteiger partial charge >= 0.3 is 0 Å². The molecule has 6 heteroatoms. The summed E-state index contributed by atoms with van der Waals surface area (Å²) in [5.74, 6) is 1.23. The van der Waals surface area contributed by atoms with Crippen LogP contribution in [-0.4, -0.2) is 54.3 Å². The highest BCUT2D eigenvalue weighted by Crippen LogP contribution is 2.22. The van der Waals surface area contributed by atoms with Gasteiger partial charge in [0.05, 0.1) is 18.9 Å². The lowest BCUT2D eigenvalue weighted by atomic mass is 9.97. The molecule has 2 aliphatic heterocycles. The molecule has 0 amide bonds. The Morgan fingerprint density at radius 3 is 2.74 bits per heavy atom. The monoisotopic (exact) mass is 368 g/mol. The molecule has 2 aliphatic rings. The highest BCUT2D eigenvalue weighted by molar-refractivity contribution is 5.34. The van der Waals surface area contributed by atoms with Crippen molar-refractivity contribution in [1.29, 1.82) is 0 Å². The smallest absolute Gasteiger partial charge is 0.255 e. The molecule has 1 atom stereocenters. The van der Waals surface area contributed by atoms with Gasteiger partial charge in [-0.05, 0) is 30.9 Å². The third-order valence-corrected chi connectivity index (χ3v) is 5.70. The van der Waals surface area contributed by atoms with Crippen molar-refractivity contribution in [2.45, 2.75) is 32.2 Å². The first-order valence-electron chi connectivity index (χ1n) is 9.93. The predicted octanol–water partition coefficient (Wildman–Crippen LogP) is 2.16. The van der Waals surface area contributed by atoms with Gasteiger partial charge in [-0.3, -0.25) is 14.7 Å². The molecule has 4 rings (SSSR count). The number of nitrogens with zero attached hydrogens (tertiary/aromatic N) is 3. The Balaban J connectivity index is 1.42. The fourth-order valence-corrected chi connectivity index (χ4v) is 3.92. The fourth-order valence-electron chi connectivity index (χ4n) is 3.92. The van der Waals surface area contributed by atoms with Crippen LogP contribution in [0.1, 0.15) is 36.1 Å². The summed E-state index contributed by atoms with van der Waals surface area (Å²) in [6.45, 7) is 7.92. The van der Waals surface area contributed by atoms with Crippen LogP contribution < -0.4 is 10.5 Å². The minimum absolute atomic E-state index is 0.0267. The minimum atomic E-state index is 0.0267. The minimum Gasteiger partial charge on any atom is -0.378 e. The largest absolute Gasteiger partial charge is 0.378 e. The van der Waals surface area contributed by atoms with Crippen molar-refractivity contribution < 1.29 is 4.74 Å². The second-order valence-electron chi connectivity index (χ2n) is 7.54. The second-order valence-corrected chi connectivity index (χ2v) is 7.54. The number of nitrogens with one attached hydrogen (secondary N) is 1. The molecule has 0 saturated carbocycles. The number of aromatic amines is 1. The quantitative estimate of drug-likeness (QED) is 0.876. The number of hydrogen-bond acceptors (Lipinski definition) is 5. The Labute approximate surface area is 160 Å². The summed E-state index contributed by atoms with van der Waals surface area (Å²) in [6, 6.07) is 10.7. The molecule has 1 fully saturated rings. The van der Waals surface area contributed by atoms with E-state index < -0.39 is 0 Å². The van der Waals surface area contributed by atoms with Crippen molar-refractivity contribution in [1.82, 2.24) is 14.9 Å². The molecule has 2 aromatic rings. The maximum absolute atomic E-state index is 12.5. The van der Waals surface area contributed by atoms with E-state index in [1.54, 1.807) is 0 Å². The molecule has 27 heavy (non-hydrogen) atoms. The topological polar surface area (TPSA) is 61.5 Å². The summed E-state index contributed by atoms with van der Waals surface area (Å²) in [5.41, 5.74) is 3.22. The molecule has 144 valence electrons. The van der Waals surface area contributed by atoms with Crippen LogP contribution in [0.4, 0.5) is 5.95 Å². The van der Waals surface area contributed by atoms with Crippen molar-refractivity contribution in [3.63, 3.8) is 0 Å². The summed E-state index contributed by atoms with van der Waals surface area (Å²) in [7, 11) is 0. The fraction of sp³-hybridized carbons (Fsp3) is 0.524. The number of benzene rings is 1. The number of hydrogen-bond donors (Lipinski definition) is 1. The van der Waals surface area contributed by atoms with Crippen LogP contribution in [0.15, 0.2) is 35.1 Å². The van der Waals surface area contributed by atoms with Gasteiger partial charge in [-0.25, -0.2) is 4.98 Å². The average molecular weight is 368 g/mol. The van der Waals surface area contributed by atoms with Gasteiger partial charge in [0.1, 0.15) is 0 Å². The van der Waals surface area contributed by atoms with Crippen LogP contribution in [0.2, 0.25) is 0 Å². The first-order valence-corrected chi connectivity index (χ1v) is 9.93. The van der Waals surface area contributed by atoms with Gasteiger partial charge in [-0.2, -0.15) is 0 Å². The van der Waals surface area contributed by atoms with Crippen LogP contribution in [0.5, 0.6) is 0 Å². The van der Waals surface area contributed by atoms with Crippen LogP contribution in [-0.2, 0) is 17.7 Å². The number of H-pyrrole nitrogens is 1. The molecule has 0 bridgehead atoms. The zero-order valence-electron chi connectivity index (χ0n) is 16.0. The van der Waals surface area contributed by atoms with Gasteiger partial charge in [0, 0.05) is 31.7 Å². The third kappa shape index (κ3) is 4.22. The summed E-state index contributed by atoms with van der Waals surface area (Å²) < 4.78 is 5.40. The number of anilines is 1. The van der Waals surface area contributed by atoms with Crippen LogP contribution in [0.25, 0.3) is 0 Å². The van der Waals surface area contributed by atoms with Crippen molar-refractivity contribution in [2.75, 3.05) is 44.3 Å². The Kier molecular flexibility index (Phi) is 5.55. The Bertz CT molecular complexity index is 815. The van der Waals surface area contributed by atoms with E-state index in [-0.39, 0.29) is 5.56 Å². The van der Waals surface area contributed by atoms with E-state index >= 15 is 0 Å². The first kappa shape index (κ1) is 18.2. The first-order chi connectivity index (χ1) is 13.2. The summed E-state index contributed by atoms with van der Waals surface area (Å²) in [6.07, 6.45) is 1.89. The molecular weight excluding hydrogens is 340 g/mol. The molecule has 1 N–H and O–H groups in total. The maximum Gasteiger partial charge on any atom is 0.255 e. The van der Waals surface area contributed by atoms with E-state index in [4.69, 9.17) is 9.72 Å².